The summed E-state index contributed by atoms with van der Waals surface area (Å²) < 4.78 is 4.84. The van der Waals surface area contributed by atoms with E-state index in [1.807, 2.05) is 6.07 Å². The lowest BCUT2D eigenvalue weighted by molar-refractivity contribution is -0.138. The number of carbonyl (C=O) groups is 1. The van der Waals surface area contributed by atoms with Crippen LogP contribution in [0.4, 0.5) is 5.69 Å². The minimum atomic E-state index is -0.385. The van der Waals surface area contributed by atoms with Crippen LogP contribution in [0.15, 0.2) is 24.2 Å². The molecular formula is C10H9N2O2. The van der Waals surface area contributed by atoms with E-state index in [1.165, 1.54) is 0 Å². The minimum Gasteiger partial charge on any atom is -0.461 e. The topological polar surface area (TPSA) is 53.3 Å². The standard InChI is InChI=1S/C10H9N2O2/c1-2-14-10(13)8-5-7-3-4-11-6-9(7)12-8/h3-6H,2H2,1H3. The van der Waals surface area contributed by atoms with Crippen molar-refractivity contribution in [1.82, 2.24) is 10.3 Å². The average Bonchev–Trinajstić information content (AvgIpc) is 2.61. The van der Waals surface area contributed by atoms with Crippen LogP contribution in [0.25, 0.3) is 6.08 Å². The van der Waals surface area contributed by atoms with Gasteiger partial charge in [-0.05, 0) is 19.1 Å². The predicted octanol–water partition coefficient (Wildman–Crippen LogP) is 1.24. The molecule has 0 bridgehead atoms. The largest absolute Gasteiger partial charge is 0.461 e. The first kappa shape index (κ1) is 8.74. The zero-order chi connectivity index (χ0) is 9.97. The molecule has 0 unspecified atom stereocenters. The van der Waals surface area contributed by atoms with Crippen LogP contribution in [0.5, 0.6) is 0 Å². The zero-order valence-electron chi connectivity index (χ0n) is 7.73. The number of nitrogens with zero attached hydrogens (tertiary/aromatic N) is 2. The van der Waals surface area contributed by atoms with Crippen molar-refractivity contribution < 1.29 is 9.53 Å². The summed E-state index contributed by atoms with van der Waals surface area (Å²) in [7, 11) is 0. The maximum Gasteiger partial charge on any atom is 0.356 e. The molecule has 1 aliphatic rings. The fourth-order valence-electron chi connectivity index (χ4n) is 1.23. The Kier molecular flexibility index (Phi) is 2.18. The Hall–Kier alpha value is -1.84. The highest BCUT2D eigenvalue weighted by molar-refractivity contribution is 5.97. The SMILES string of the molecule is CCOC(=O)C1=Cc2ccncc2[N]1. The first-order valence-electron chi connectivity index (χ1n) is 4.36. The van der Waals surface area contributed by atoms with E-state index in [4.69, 9.17) is 4.74 Å². The molecule has 1 aliphatic heterocycles. The van der Waals surface area contributed by atoms with Crippen LogP contribution in [0.2, 0.25) is 0 Å². The van der Waals surface area contributed by atoms with Crippen LogP contribution in [-0.2, 0) is 9.53 Å². The van der Waals surface area contributed by atoms with E-state index >= 15 is 0 Å². The lowest BCUT2D eigenvalue weighted by Crippen LogP contribution is -2.11. The number of hydrogen-bond acceptors (Lipinski definition) is 3. The van der Waals surface area contributed by atoms with Gasteiger partial charge in [0.25, 0.3) is 0 Å². The number of rotatable bonds is 2. The number of aromatic nitrogens is 1. The lowest BCUT2D eigenvalue weighted by atomic mass is 10.2. The van der Waals surface area contributed by atoms with Crippen LogP contribution in [0.1, 0.15) is 12.5 Å². The van der Waals surface area contributed by atoms with Gasteiger partial charge in [-0.15, -0.1) is 0 Å². The molecule has 0 spiro atoms. The van der Waals surface area contributed by atoms with E-state index in [0.717, 1.165) is 11.3 Å². The van der Waals surface area contributed by atoms with E-state index in [-0.39, 0.29) is 5.97 Å². The van der Waals surface area contributed by atoms with E-state index in [1.54, 1.807) is 25.4 Å². The average molecular weight is 189 g/mol. The Labute approximate surface area is 81.6 Å². The number of hydrogen-bond donors (Lipinski definition) is 0. The van der Waals surface area contributed by atoms with Crippen molar-refractivity contribution in [2.75, 3.05) is 6.61 Å². The molecule has 0 amide bonds. The van der Waals surface area contributed by atoms with Crippen molar-refractivity contribution in [3.05, 3.63) is 29.7 Å². The van der Waals surface area contributed by atoms with Crippen molar-refractivity contribution in [1.29, 1.82) is 0 Å². The van der Waals surface area contributed by atoms with Crippen molar-refractivity contribution in [3.63, 3.8) is 0 Å². The Morgan fingerprint density at radius 3 is 3.14 bits per heavy atom. The van der Waals surface area contributed by atoms with Gasteiger partial charge in [-0.3, -0.25) is 4.98 Å². The molecule has 0 fully saturated rings. The first-order valence-corrected chi connectivity index (χ1v) is 4.36. The molecule has 0 saturated heterocycles. The first-order chi connectivity index (χ1) is 6.81. The molecule has 0 aromatic carbocycles. The van der Waals surface area contributed by atoms with E-state index in [9.17, 15) is 4.79 Å². The molecule has 1 aromatic heterocycles. The second kappa shape index (κ2) is 3.49. The Morgan fingerprint density at radius 2 is 2.43 bits per heavy atom. The quantitative estimate of drug-likeness (QED) is 0.657. The second-order valence-electron chi connectivity index (χ2n) is 2.80. The third kappa shape index (κ3) is 1.46. The van der Waals surface area contributed by atoms with Gasteiger partial charge in [0.15, 0.2) is 0 Å². The molecule has 14 heavy (non-hydrogen) atoms. The summed E-state index contributed by atoms with van der Waals surface area (Å²) in [6.45, 7) is 2.13. The predicted molar refractivity (Wildman–Crippen MR) is 50.6 cm³/mol. The Balaban J connectivity index is 2.19. The highest BCUT2D eigenvalue weighted by atomic mass is 16.5. The molecule has 0 N–H and O–H groups in total. The van der Waals surface area contributed by atoms with Crippen molar-refractivity contribution in [2.24, 2.45) is 0 Å². The smallest absolute Gasteiger partial charge is 0.356 e. The van der Waals surface area contributed by atoms with Crippen molar-refractivity contribution in [2.45, 2.75) is 6.92 Å². The number of pyridine rings is 1. The van der Waals surface area contributed by atoms with Crippen molar-refractivity contribution in [3.8, 4) is 0 Å². The number of esters is 1. The third-order valence-corrected chi connectivity index (χ3v) is 1.85. The highest BCUT2D eigenvalue weighted by Crippen LogP contribution is 2.25. The molecule has 0 saturated carbocycles. The lowest BCUT2D eigenvalue weighted by Gasteiger charge is -2.00. The maximum atomic E-state index is 11.3. The fraction of sp³-hybridized carbons (Fsp3) is 0.200. The molecule has 2 rings (SSSR count). The number of ether oxygens (including phenoxy) is 1. The van der Waals surface area contributed by atoms with Crippen LogP contribution < -0.4 is 5.32 Å². The summed E-state index contributed by atoms with van der Waals surface area (Å²) in [5.74, 6) is -0.385. The summed E-state index contributed by atoms with van der Waals surface area (Å²) in [4.78, 5) is 15.2. The van der Waals surface area contributed by atoms with Gasteiger partial charge in [0.05, 0.1) is 18.5 Å². The van der Waals surface area contributed by atoms with E-state index < -0.39 is 0 Å². The molecule has 71 valence electrons. The molecule has 4 nitrogen and oxygen atoms in total. The van der Waals surface area contributed by atoms with Gasteiger partial charge in [-0.1, -0.05) is 0 Å². The third-order valence-electron chi connectivity index (χ3n) is 1.85. The summed E-state index contributed by atoms with van der Waals surface area (Å²) in [6, 6.07) is 1.81. The van der Waals surface area contributed by atoms with E-state index in [0.29, 0.717) is 12.3 Å². The van der Waals surface area contributed by atoms with Crippen LogP contribution >= 0.6 is 0 Å². The van der Waals surface area contributed by atoms with Gasteiger partial charge in [-0.25, -0.2) is 10.1 Å². The van der Waals surface area contributed by atoms with Gasteiger partial charge >= 0.3 is 5.97 Å². The summed E-state index contributed by atoms with van der Waals surface area (Å²) in [5.41, 5.74) is 1.97. The maximum absolute atomic E-state index is 11.3. The monoisotopic (exact) mass is 189 g/mol. The molecule has 1 aromatic rings. The second-order valence-corrected chi connectivity index (χ2v) is 2.80. The zero-order valence-corrected chi connectivity index (χ0v) is 7.73. The van der Waals surface area contributed by atoms with Gasteiger partial charge in [0, 0.05) is 11.8 Å². The molecule has 0 atom stereocenters. The van der Waals surface area contributed by atoms with Crippen LogP contribution in [0.3, 0.4) is 0 Å². The van der Waals surface area contributed by atoms with Gasteiger partial charge in [-0.2, -0.15) is 0 Å². The summed E-state index contributed by atoms with van der Waals surface area (Å²) in [5, 5.41) is 4.09. The fourth-order valence-corrected chi connectivity index (χ4v) is 1.23. The van der Waals surface area contributed by atoms with Gasteiger partial charge < -0.3 is 4.74 Å². The Morgan fingerprint density at radius 1 is 1.57 bits per heavy atom. The normalized spacial score (nSPS) is 12.8. The summed E-state index contributed by atoms with van der Waals surface area (Å²) >= 11 is 0. The van der Waals surface area contributed by atoms with Gasteiger partial charge in [0.2, 0.25) is 0 Å². The van der Waals surface area contributed by atoms with Gasteiger partial charge in [0.1, 0.15) is 5.70 Å². The molecule has 0 aliphatic carbocycles. The molecular weight excluding hydrogens is 180 g/mol. The van der Waals surface area contributed by atoms with Crippen molar-refractivity contribution >= 4 is 17.7 Å². The number of carbonyl (C=O) groups excluding carboxylic acids is 1. The highest BCUT2D eigenvalue weighted by Gasteiger charge is 2.20. The number of fused-ring (bicyclic) bond motifs is 1. The Bertz CT molecular complexity index is 399. The summed E-state index contributed by atoms with van der Waals surface area (Å²) in [6.07, 6.45) is 4.99. The minimum absolute atomic E-state index is 0.342. The van der Waals surface area contributed by atoms with E-state index in [2.05, 4.69) is 10.3 Å². The molecule has 1 radical (unpaired) electrons. The van der Waals surface area contributed by atoms with Crippen LogP contribution in [-0.4, -0.2) is 17.6 Å². The molecule has 2 heterocycles. The molecule has 4 heteroatoms. The van der Waals surface area contributed by atoms with Crippen LogP contribution in [0, 0.1) is 0 Å².